The van der Waals surface area contributed by atoms with Gasteiger partial charge in [0.15, 0.2) is 0 Å². The summed E-state index contributed by atoms with van der Waals surface area (Å²) in [4.78, 5) is 19.1. The number of benzene rings is 1. The van der Waals surface area contributed by atoms with E-state index >= 15 is 0 Å². The number of aromatic nitrogens is 2. The highest BCUT2D eigenvalue weighted by Crippen LogP contribution is 2.18. The molecule has 14 heavy (non-hydrogen) atoms. The molecule has 0 bridgehead atoms. The average molecular weight is 187 g/mol. The zero-order valence-corrected chi connectivity index (χ0v) is 7.69. The minimum Gasteiger partial charge on any atom is -0.366 e. The molecule has 4 nitrogen and oxygen atoms in total. The number of nitrogens with two attached hydrogens (primary N) is 1. The lowest BCUT2D eigenvalue weighted by molar-refractivity contribution is 0.100. The zero-order chi connectivity index (χ0) is 10.1. The third-order valence-electron chi connectivity index (χ3n) is 2.16. The average Bonchev–Trinajstić information content (AvgIpc) is 2.18. The summed E-state index contributed by atoms with van der Waals surface area (Å²) in [5.74, 6) is -0.464. The van der Waals surface area contributed by atoms with Crippen LogP contribution in [0.1, 0.15) is 15.9 Å². The Hall–Kier alpha value is -1.97. The van der Waals surface area contributed by atoms with E-state index in [2.05, 4.69) is 9.97 Å². The molecule has 0 saturated carbocycles. The van der Waals surface area contributed by atoms with E-state index in [9.17, 15) is 4.79 Å². The summed E-state index contributed by atoms with van der Waals surface area (Å²) in [5.41, 5.74) is 7.32. The van der Waals surface area contributed by atoms with E-state index in [1.807, 2.05) is 13.0 Å². The molecule has 0 aliphatic carbocycles. The molecule has 0 atom stereocenters. The van der Waals surface area contributed by atoms with E-state index in [0.717, 1.165) is 10.9 Å². The molecule has 1 amide bonds. The largest absolute Gasteiger partial charge is 0.366 e. The lowest BCUT2D eigenvalue weighted by Crippen LogP contribution is -2.12. The molecule has 70 valence electrons. The van der Waals surface area contributed by atoms with Gasteiger partial charge in [-0.05, 0) is 18.6 Å². The molecule has 2 N–H and O–H groups in total. The number of nitrogens with zero attached hydrogens (tertiary/aromatic N) is 2. The predicted molar refractivity (Wildman–Crippen MR) is 52.8 cm³/mol. The van der Waals surface area contributed by atoms with Gasteiger partial charge in [0.05, 0.1) is 11.1 Å². The summed E-state index contributed by atoms with van der Waals surface area (Å²) in [6.07, 6.45) is 3.10. The topological polar surface area (TPSA) is 68.9 Å². The number of fused-ring (bicyclic) bond motifs is 1. The number of rotatable bonds is 1. The van der Waals surface area contributed by atoms with Gasteiger partial charge in [-0.15, -0.1) is 0 Å². The molecule has 0 aliphatic heterocycles. The zero-order valence-electron chi connectivity index (χ0n) is 7.69. The smallest absolute Gasteiger partial charge is 0.250 e. The second-order valence-corrected chi connectivity index (χ2v) is 3.08. The van der Waals surface area contributed by atoms with Crippen LogP contribution in [-0.4, -0.2) is 15.9 Å². The summed E-state index contributed by atoms with van der Waals surface area (Å²) < 4.78 is 0. The van der Waals surface area contributed by atoms with Crippen LogP contribution in [0.15, 0.2) is 24.7 Å². The molecule has 4 heteroatoms. The van der Waals surface area contributed by atoms with Crippen LogP contribution in [0.25, 0.3) is 10.9 Å². The standard InChI is InChI=1S/C10H9N3O/c1-6-2-3-7(10(11)14)9-8(6)4-12-5-13-9/h2-5H,1H3,(H2,11,14). The van der Waals surface area contributed by atoms with Gasteiger partial charge in [-0.1, -0.05) is 6.07 Å². The Morgan fingerprint density at radius 3 is 2.93 bits per heavy atom. The van der Waals surface area contributed by atoms with Gasteiger partial charge >= 0.3 is 0 Å². The number of carbonyl (C=O) groups excluding carboxylic acids is 1. The number of carbonyl (C=O) groups is 1. The molecule has 2 rings (SSSR count). The van der Waals surface area contributed by atoms with Crippen molar-refractivity contribution in [2.45, 2.75) is 6.92 Å². The van der Waals surface area contributed by atoms with Gasteiger partial charge in [-0.2, -0.15) is 0 Å². The van der Waals surface area contributed by atoms with E-state index in [-0.39, 0.29) is 0 Å². The number of amides is 1. The van der Waals surface area contributed by atoms with E-state index < -0.39 is 5.91 Å². The van der Waals surface area contributed by atoms with Crippen molar-refractivity contribution < 1.29 is 4.79 Å². The van der Waals surface area contributed by atoms with Crippen molar-refractivity contribution in [2.75, 3.05) is 0 Å². The number of aryl methyl sites for hydroxylation is 1. The van der Waals surface area contributed by atoms with Crippen molar-refractivity contribution in [2.24, 2.45) is 5.73 Å². The second-order valence-electron chi connectivity index (χ2n) is 3.08. The molecule has 2 aromatic rings. The quantitative estimate of drug-likeness (QED) is 0.725. The highest BCUT2D eigenvalue weighted by molar-refractivity contribution is 6.05. The van der Waals surface area contributed by atoms with Crippen molar-refractivity contribution in [3.05, 3.63) is 35.8 Å². The first kappa shape index (κ1) is 8.62. The van der Waals surface area contributed by atoms with Gasteiger partial charge in [0.1, 0.15) is 6.33 Å². The second kappa shape index (κ2) is 3.06. The fourth-order valence-electron chi connectivity index (χ4n) is 1.41. The van der Waals surface area contributed by atoms with Crippen LogP contribution in [0, 0.1) is 6.92 Å². The molecule has 0 radical (unpaired) electrons. The Labute approximate surface area is 80.8 Å². The Bertz CT molecular complexity index is 508. The van der Waals surface area contributed by atoms with E-state index in [1.54, 1.807) is 12.3 Å². The van der Waals surface area contributed by atoms with Crippen LogP contribution in [0.2, 0.25) is 0 Å². The van der Waals surface area contributed by atoms with Crippen molar-refractivity contribution in [1.82, 2.24) is 9.97 Å². The summed E-state index contributed by atoms with van der Waals surface area (Å²) in [5, 5.41) is 0.865. The van der Waals surface area contributed by atoms with Gasteiger partial charge in [-0.3, -0.25) is 4.79 Å². The van der Waals surface area contributed by atoms with Gasteiger partial charge in [-0.25, -0.2) is 9.97 Å². The Morgan fingerprint density at radius 1 is 1.43 bits per heavy atom. The number of hydrogen-bond acceptors (Lipinski definition) is 3. The van der Waals surface area contributed by atoms with Crippen molar-refractivity contribution in [3.63, 3.8) is 0 Å². The SMILES string of the molecule is Cc1ccc(C(N)=O)c2ncncc12. The van der Waals surface area contributed by atoms with Crippen molar-refractivity contribution in [3.8, 4) is 0 Å². The molecule has 0 aliphatic rings. The lowest BCUT2D eigenvalue weighted by atomic mass is 10.1. The monoisotopic (exact) mass is 187 g/mol. The van der Waals surface area contributed by atoms with E-state index in [4.69, 9.17) is 5.73 Å². The van der Waals surface area contributed by atoms with Gasteiger partial charge in [0, 0.05) is 11.6 Å². The molecular weight excluding hydrogens is 178 g/mol. The lowest BCUT2D eigenvalue weighted by Gasteiger charge is -2.03. The van der Waals surface area contributed by atoms with Crippen LogP contribution in [0.3, 0.4) is 0 Å². The molecule has 0 spiro atoms. The van der Waals surface area contributed by atoms with Crippen LogP contribution in [0.4, 0.5) is 0 Å². The van der Waals surface area contributed by atoms with Gasteiger partial charge in [0.25, 0.3) is 5.91 Å². The molecule has 0 unspecified atom stereocenters. The molecular formula is C10H9N3O. The normalized spacial score (nSPS) is 10.4. The molecule has 0 saturated heterocycles. The van der Waals surface area contributed by atoms with Crippen LogP contribution in [-0.2, 0) is 0 Å². The van der Waals surface area contributed by atoms with Crippen LogP contribution < -0.4 is 5.73 Å². The van der Waals surface area contributed by atoms with Gasteiger partial charge in [0.2, 0.25) is 0 Å². The maximum Gasteiger partial charge on any atom is 0.250 e. The van der Waals surface area contributed by atoms with Crippen molar-refractivity contribution in [1.29, 1.82) is 0 Å². The third-order valence-corrected chi connectivity index (χ3v) is 2.16. The maximum absolute atomic E-state index is 11.1. The highest BCUT2D eigenvalue weighted by atomic mass is 16.1. The number of primary amides is 1. The Morgan fingerprint density at radius 2 is 2.21 bits per heavy atom. The summed E-state index contributed by atoms with van der Waals surface area (Å²) in [6.45, 7) is 1.94. The summed E-state index contributed by atoms with van der Waals surface area (Å²) in [6, 6.07) is 3.53. The fourth-order valence-corrected chi connectivity index (χ4v) is 1.41. The van der Waals surface area contributed by atoms with E-state index in [0.29, 0.717) is 11.1 Å². The minimum absolute atomic E-state index is 0.438. The van der Waals surface area contributed by atoms with Gasteiger partial charge < -0.3 is 5.73 Å². The summed E-state index contributed by atoms with van der Waals surface area (Å²) >= 11 is 0. The Kier molecular flexibility index (Phi) is 1.89. The molecule has 1 aromatic carbocycles. The van der Waals surface area contributed by atoms with Crippen LogP contribution in [0.5, 0.6) is 0 Å². The first-order valence-electron chi connectivity index (χ1n) is 4.19. The number of hydrogen-bond donors (Lipinski definition) is 1. The fraction of sp³-hybridized carbons (Fsp3) is 0.100. The maximum atomic E-state index is 11.1. The molecule has 0 fully saturated rings. The third kappa shape index (κ3) is 1.21. The predicted octanol–water partition coefficient (Wildman–Crippen LogP) is 1.04. The van der Waals surface area contributed by atoms with E-state index in [1.165, 1.54) is 6.33 Å². The first-order valence-corrected chi connectivity index (χ1v) is 4.19. The Balaban J connectivity index is 2.88. The molecule has 1 aromatic heterocycles. The first-order chi connectivity index (χ1) is 6.70. The highest BCUT2D eigenvalue weighted by Gasteiger charge is 2.08. The minimum atomic E-state index is -0.464. The van der Waals surface area contributed by atoms with Crippen molar-refractivity contribution >= 4 is 16.8 Å². The van der Waals surface area contributed by atoms with Crippen LogP contribution >= 0.6 is 0 Å². The summed E-state index contributed by atoms with van der Waals surface area (Å²) in [7, 11) is 0. The molecule has 1 heterocycles.